The third kappa shape index (κ3) is 2.38. The van der Waals surface area contributed by atoms with Gasteiger partial charge in [0.25, 0.3) is 6.43 Å². The Kier molecular flexibility index (Phi) is 3.52. The van der Waals surface area contributed by atoms with Gasteiger partial charge in [0, 0.05) is 0 Å². The van der Waals surface area contributed by atoms with Gasteiger partial charge < -0.3 is 4.74 Å². The Morgan fingerprint density at radius 2 is 2.20 bits per heavy atom. The van der Waals surface area contributed by atoms with Gasteiger partial charge in [-0.15, -0.1) is 0 Å². The predicted molar refractivity (Wildman–Crippen MR) is 45.5 cm³/mol. The highest BCUT2D eigenvalue weighted by molar-refractivity contribution is 6.30. The fourth-order valence-electron chi connectivity index (χ4n) is 0.907. The van der Waals surface area contributed by atoms with E-state index in [2.05, 4.69) is 9.72 Å². The Labute approximate surface area is 87.8 Å². The number of pyridine rings is 1. The zero-order valence-electron chi connectivity index (χ0n) is 7.43. The summed E-state index contributed by atoms with van der Waals surface area (Å²) in [6, 6.07) is 0.654. The molecule has 0 aliphatic rings. The van der Waals surface area contributed by atoms with E-state index < -0.39 is 34.6 Å². The lowest BCUT2D eigenvalue weighted by atomic mass is 10.2. The second kappa shape index (κ2) is 4.48. The summed E-state index contributed by atoms with van der Waals surface area (Å²) in [5.41, 5.74) is -1.53. The number of methoxy groups -OCH3 is 1. The van der Waals surface area contributed by atoms with Gasteiger partial charge >= 0.3 is 5.97 Å². The van der Waals surface area contributed by atoms with Crippen molar-refractivity contribution in [2.45, 2.75) is 6.43 Å². The van der Waals surface area contributed by atoms with Gasteiger partial charge in [-0.1, -0.05) is 11.6 Å². The van der Waals surface area contributed by atoms with E-state index in [1.54, 1.807) is 0 Å². The Hall–Kier alpha value is -1.30. The van der Waals surface area contributed by atoms with Gasteiger partial charge in [-0.2, -0.15) is 4.39 Å². The summed E-state index contributed by atoms with van der Waals surface area (Å²) in [6.45, 7) is 0. The Morgan fingerprint density at radius 1 is 1.60 bits per heavy atom. The molecule has 0 unspecified atom stereocenters. The van der Waals surface area contributed by atoms with Crippen LogP contribution in [0.4, 0.5) is 13.2 Å². The first kappa shape index (κ1) is 11.8. The molecule has 0 fully saturated rings. The van der Waals surface area contributed by atoms with E-state index in [0.717, 1.165) is 7.11 Å². The Morgan fingerprint density at radius 3 is 2.67 bits per heavy atom. The van der Waals surface area contributed by atoms with E-state index in [0.29, 0.717) is 6.07 Å². The van der Waals surface area contributed by atoms with Crippen molar-refractivity contribution >= 4 is 17.6 Å². The van der Waals surface area contributed by atoms with Crippen molar-refractivity contribution in [2.75, 3.05) is 7.11 Å². The van der Waals surface area contributed by atoms with Crippen LogP contribution in [0.25, 0.3) is 0 Å². The molecule has 1 heterocycles. The molecule has 0 amide bonds. The van der Waals surface area contributed by atoms with Gasteiger partial charge in [-0.25, -0.2) is 18.6 Å². The average molecular weight is 240 g/mol. The monoisotopic (exact) mass is 239 g/mol. The van der Waals surface area contributed by atoms with E-state index in [1.807, 2.05) is 0 Å². The number of hydrogen-bond donors (Lipinski definition) is 0. The van der Waals surface area contributed by atoms with E-state index in [9.17, 15) is 18.0 Å². The first-order valence-electron chi connectivity index (χ1n) is 3.69. The molecule has 1 aromatic rings. The van der Waals surface area contributed by atoms with Crippen LogP contribution < -0.4 is 0 Å². The number of carbonyl (C=O) groups excluding carboxylic acids is 1. The molecule has 1 rings (SSSR count). The van der Waals surface area contributed by atoms with Gasteiger partial charge in [0.15, 0.2) is 5.69 Å². The summed E-state index contributed by atoms with van der Waals surface area (Å²) in [5, 5.41) is -0.571. The average Bonchev–Trinajstić information content (AvgIpc) is 2.20. The zero-order chi connectivity index (χ0) is 11.6. The van der Waals surface area contributed by atoms with Crippen LogP contribution in [0, 0.1) is 5.95 Å². The lowest BCUT2D eigenvalue weighted by molar-refractivity contribution is 0.0580. The number of rotatable bonds is 2. The van der Waals surface area contributed by atoms with Crippen LogP contribution >= 0.6 is 11.6 Å². The molecular formula is C8H5ClF3NO2. The summed E-state index contributed by atoms with van der Waals surface area (Å²) >= 11 is 5.25. The number of ether oxygens (including phenoxy) is 1. The van der Waals surface area contributed by atoms with Crippen molar-refractivity contribution in [3.05, 3.63) is 28.3 Å². The molecule has 82 valence electrons. The standard InChI is InChI=1S/C8H5ClF3NO2/c1-15-8(14)5-3(6(10)11)2-4(9)7(12)13-5/h2,6H,1H3. The molecule has 0 aliphatic heterocycles. The number of nitrogens with zero attached hydrogens (tertiary/aromatic N) is 1. The number of esters is 1. The minimum atomic E-state index is -2.98. The number of aromatic nitrogens is 1. The van der Waals surface area contributed by atoms with Gasteiger partial charge in [0.05, 0.1) is 17.7 Å². The van der Waals surface area contributed by atoms with E-state index in [1.165, 1.54) is 0 Å². The number of hydrogen-bond acceptors (Lipinski definition) is 3. The van der Waals surface area contributed by atoms with Crippen LogP contribution in [0.1, 0.15) is 22.5 Å². The molecule has 7 heteroatoms. The van der Waals surface area contributed by atoms with Gasteiger partial charge in [-0.05, 0) is 6.07 Å². The van der Waals surface area contributed by atoms with E-state index >= 15 is 0 Å². The molecule has 0 radical (unpaired) electrons. The molecule has 3 nitrogen and oxygen atoms in total. The Balaban J connectivity index is 3.34. The van der Waals surface area contributed by atoms with E-state index in [4.69, 9.17) is 11.6 Å². The fraction of sp³-hybridized carbons (Fsp3) is 0.250. The largest absolute Gasteiger partial charge is 0.464 e. The first-order chi connectivity index (χ1) is 6.97. The Bertz CT molecular complexity index is 398. The second-order valence-electron chi connectivity index (χ2n) is 2.49. The number of alkyl halides is 2. The van der Waals surface area contributed by atoms with Gasteiger partial charge in [0.1, 0.15) is 0 Å². The number of carbonyl (C=O) groups is 1. The second-order valence-corrected chi connectivity index (χ2v) is 2.90. The third-order valence-corrected chi connectivity index (χ3v) is 1.84. The van der Waals surface area contributed by atoms with Crippen molar-refractivity contribution in [3.63, 3.8) is 0 Å². The maximum Gasteiger partial charge on any atom is 0.357 e. The molecule has 15 heavy (non-hydrogen) atoms. The molecule has 0 saturated heterocycles. The lowest BCUT2D eigenvalue weighted by Gasteiger charge is -2.06. The fourth-order valence-corrected chi connectivity index (χ4v) is 1.07. The summed E-state index contributed by atoms with van der Waals surface area (Å²) in [7, 11) is 0.978. The molecule has 0 aliphatic carbocycles. The topological polar surface area (TPSA) is 39.2 Å². The molecule has 0 bridgehead atoms. The van der Waals surface area contributed by atoms with Crippen LogP contribution in [0.15, 0.2) is 6.07 Å². The van der Waals surface area contributed by atoms with E-state index in [-0.39, 0.29) is 0 Å². The summed E-state index contributed by atoms with van der Waals surface area (Å²) in [6.07, 6.45) is -2.98. The maximum absolute atomic E-state index is 12.8. The maximum atomic E-state index is 12.8. The zero-order valence-corrected chi connectivity index (χ0v) is 8.19. The highest BCUT2D eigenvalue weighted by Gasteiger charge is 2.23. The summed E-state index contributed by atoms with van der Waals surface area (Å²) in [4.78, 5) is 14.0. The van der Waals surface area contributed by atoms with Gasteiger partial charge in [0.2, 0.25) is 5.95 Å². The highest BCUT2D eigenvalue weighted by Crippen LogP contribution is 2.26. The smallest absolute Gasteiger partial charge is 0.357 e. The van der Waals surface area contributed by atoms with Crippen molar-refractivity contribution in [1.82, 2.24) is 4.98 Å². The summed E-state index contributed by atoms with van der Waals surface area (Å²) in [5.74, 6) is -2.33. The highest BCUT2D eigenvalue weighted by atomic mass is 35.5. The lowest BCUT2D eigenvalue weighted by Crippen LogP contribution is -2.10. The van der Waals surface area contributed by atoms with Crippen LogP contribution in [0.3, 0.4) is 0 Å². The van der Waals surface area contributed by atoms with Crippen LogP contribution in [0.5, 0.6) is 0 Å². The SMILES string of the molecule is COC(=O)c1nc(F)c(Cl)cc1C(F)F. The molecule has 0 aromatic carbocycles. The van der Waals surface area contributed by atoms with Crippen molar-refractivity contribution < 1.29 is 22.7 Å². The quantitative estimate of drug-likeness (QED) is 0.588. The minimum Gasteiger partial charge on any atom is -0.464 e. The normalized spacial score (nSPS) is 10.5. The van der Waals surface area contributed by atoms with Crippen LogP contribution in [0.2, 0.25) is 5.02 Å². The third-order valence-electron chi connectivity index (χ3n) is 1.58. The molecular weight excluding hydrogens is 235 g/mol. The molecule has 0 saturated carbocycles. The van der Waals surface area contributed by atoms with Crippen molar-refractivity contribution in [2.24, 2.45) is 0 Å². The van der Waals surface area contributed by atoms with Crippen molar-refractivity contribution in [3.8, 4) is 0 Å². The first-order valence-corrected chi connectivity index (χ1v) is 4.07. The minimum absolute atomic E-state index is 0.571. The van der Waals surface area contributed by atoms with Crippen LogP contribution in [-0.2, 0) is 4.74 Å². The summed E-state index contributed by atoms with van der Waals surface area (Å²) < 4.78 is 41.8. The molecule has 0 atom stereocenters. The number of halogens is 4. The van der Waals surface area contributed by atoms with Crippen molar-refractivity contribution in [1.29, 1.82) is 0 Å². The molecule has 0 spiro atoms. The van der Waals surface area contributed by atoms with Crippen LogP contribution in [-0.4, -0.2) is 18.1 Å². The predicted octanol–water partition coefficient (Wildman–Crippen LogP) is 2.60. The molecule has 1 aromatic heterocycles. The van der Waals surface area contributed by atoms with Gasteiger partial charge in [-0.3, -0.25) is 0 Å². The molecule has 0 N–H and O–H groups in total.